The second-order valence-electron chi connectivity index (χ2n) is 6.66. The predicted octanol–water partition coefficient (Wildman–Crippen LogP) is 1.74. The molecule has 6 nitrogen and oxygen atoms in total. The quantitative estimate of drug-likeness (QED) is 0.770. The van der Waals surface area contributed by atoms with Crippen molar-refractivity contribution in [2.24, 2.45) is 0 Å². The van der Waals surface area contributed by atoms with Crippen molar-refractivity contribution < 1.29 is 18.8 Å². The number of urea groups is 1. The monoisotopic (exact) mass is 347 g/mol. The first kappa shape index (κ1) is 17.4. The molecule has 1 aromatic rings. The van der Waals surface area contributed by atoms with E-state index in [0.29, 0.717) is 25.8 Å². The van der Waals surface area contributed by atoms with Crippen LogP contribution in [-0.2, 0) is 16.0 Å². The Morgan fingerprint density at radius 3 is 2.76 bits per heavy atom. The van der Waals surface area contributed by atoms with Crippen molar-refractivity contribution >= 4 is 17.8 Å². The van der Waals surface area contributed by atoms with E-state index in [0.717, 1.165) is 23.3 Å². The minimum atomic E-state index is -0.731. The number of carbonyl (C=O) groups excluding carboxylic acids is 3. The van der Waals surface area contributed by atoms with Gasteiger partial charge in [0.25, 0.3) is 5.91 Å². The number of halogens is 1. The third kappa shape index (κ3) is 3.81. The highest BCUT2D eigenvalue weighted by Crippen LogP contribution is 2.34. The highest BCUT2D eigenvalue weighted by atomic mass is 19.1. The van der Waals surface area contributed by atoms with Crippen LogP contribution in [0.4, 0.5) is 9.18 Å². The Bertz CT molecular complexity index is 686. The Hall–Kier alpha value is -2.44. The van der Waals surface area contributed by atoms with Gasteiger partial charge < -0.3 is 10.6 Å². The van der Waals surface area contributed by atoms with E-state index in [9.17, 15) is 18.8 Å². The predicted molar refractivity (Wildman–Crippen MR) is 89.2 cm³/mol. The molecule has 0 radical (unpaired) electrons. The smallest absolute Gasteiger partial charge is 0.325 e. The number of nitrogens with one attached hydrogen (secondary N) is 2. The number of hydrogen-bond acceptors (Lipinski definition) is 3. The zero-order valence-electron chi connectivity index (χ0n) is 14.0. The fourth-order valence-corrected chi connectivity index (χ4v) is 3.54. The molecule has 7 heteroatoms. The van der Waals surface area contributed by atoms with Gasteiger partial charge in [-0.2, -0.15) is 0 Å². The average molecular weight is 347 g/mol. The van der Waals surface area contributed by atoms with Crippen molar-refractivity contribution in [3.63, 3.8) is 0 Å². The van der Waals surface area contributed by atoms with Crippen LogP contribution < -0.4 is 10.6 Å². The summed E-state index contributed by atoms with van der Waals surface area (Å²) in [5.74, 6) is -0.741. The molecule has 0 unspecified atom stereocenters. The zero-order valence-corrected chi connectivity index (χ0v) is 14.0. The summed E-state index contributed by atoms with van der Waals surface area (Å²) >= 11 is 0. The van der Waals surface area contributed by atoms with Gasteiger partial charge in [0.2, 0.25) is 5.91 Å². The first-order valence-electron chi connectivity index (χ1n) is 8.65. The van der Waals surface area contributed by atoms with Crippen molar-refractivity contribution in [1.82, 2.24) is 15.5 Å². The lowest BCUT2D eigenvalue weighted by molar-refractivity contribution is -0.131. The highest BCUT2D eigenvalue weighted by molar-refractivity contribution is 6.07. The molecule has 4 amide bonds. The van der Waals surface area contributed by atoms with Gasteiger partial charge in [-0.05, 0) is 37.0 Å². The molecule has 1 aliphatic heterocycles. The Kier molecular flexibility index (Phi) is 5.01. The summed E-state index contributed by atoms with van der Waals surface area (Å²) in [5, 5.41) is 5.53. The van der Waals surface area contributed by atoms with Gasteiger partial charge in [0.15, 0.2) is 0 Å². The van der Waals surface area contributed by atoms with Crippen molar-refractivity contribution in [2.45, 2.75) is 44.1 Å². The lowest BCUT2D eigenvalue weighted by Crippen LogP contribution is -2.44. The molecule has 25 heavy (non-hydrogen) atoms. The van der Waals surface area contributed by atoms with Gasteiger partial charge in [-0.25, -0.2) is 9.18 Å². The molecule has 1 heterocycles. The molecule has 1 saturated carbocycles. The van der Waals surface area contributed by atoms with Crippen LogP contribution in [0.1, 0.15) is 37.7 Å². The van der Waals surface area contributed by atoms with E-state index < -0.39 is 11.6 Å². The molecule has 1 spiro atoms. The van der Waals surface area contributed by atoms with Crippen molar-refractivity contribution in [3.05, 3.63) is 35.6 Å². The molecule has 134 valence electrons. The van der Waals surface area contributed by atoms with E-state index in [1.54, 1.807) is 12.1 Å². The SMILES string of the molecule is O=C(CCN1C(=O)NC2(CCCC2)C1=O)NCCc1cccc(F)c1. The minimum Gasteiger partial charge on any atom is -0.356 e. The number of benzene rings is 1. The fraction of sp³-hybridized carbons (Fsp3) is 0.500. The molecular formula is C18H22FN3O3. The van der Waals surface area contributed by atoms with E-state index in [-0.39, 0.29) is 30.6 Å². The molecule has 1 saturated heterocycles. The summed E-state index contributed by atoms with van der Waals surface area (Å²) in [7, 11) is 0. The largest absolute Gasteiger partial charge is 0.356 e. The third-order valence-electron chi connectivity index (χ3n) is 4.89. The lowest BCUT2D eigenvalue weighted by atomic mass is 9.98. The van der Waals surface area contributed by atoms with Crippen molar-refractivity contribution in [3.8, 4) is 0 Å². The van der Waals surface area contributed by atoms with Crippen LogP contribution >= 0.6 is 0 Å². The second kappa shape index (κ2) is 7.21. The third-order valence-corrected chi connectivity index (χ3v) is 4.89. The first-order chi connectivity index (χ1) is 12.0. The number of rotatable bonds is 6. The number of amides is 4. The topological polar surface area (TPSA) is 78.5 Å². The van der Waals surface area contributed by atoms with Gasteiger partial charge in [-0.3, -0.25) is 14.5 Å². The molecule has 0 aromatic heterocycles. The Balaban J connectivity index is 1.43. The molecule has 1 aromatic carbocycles. The van der Waals surface area contributed by atoms with Gasteiger partial charge >= 0.3 is 6.03 Å². The summed E-state index contributed by atoms with van der Waals surface area (Å²) in [6.45, 7) is 0.463. The van der Waals surface area contributed by atoms with Crippen LogP contribution in [0.2, 0.25) is 0 Å². The fourth-order valence-electron chi connectivity index (χ4n) is 3.54. The van der Waals surface area contributed by atoms with E-state index in [2.05, 4.69) is 10.6 Å². The van der Waals surface area contributed by atoms with Crippen LogP contribution in [0.3, 0.4) is 0 Å². The first-order valence-corrected chi connectivity index (χ1v) is 8.65. The summed E-state index contributed by atoms with van der Waals surface area (Å²) < 4.78 is 13.1. The van der Waals surface area contributed by atoms with Gasteiger partial charge in [-0.1, -0.05) is 25.0 Å². The van der Waals surface area contributed by atoms with E-state index in [1.165, 1.54) is 12.1 Å². The normalized spacial score (nSPS) is 18.7. The van der Waals surface area contributed by atoms with Crippen LogP contribution in [0.15, 0.2) is 24.3 Å². The molecule has 2 N–H and O–H groups in total. The Morgan fingerprint density at radius 1 is 1.28 bits per heavy atom. The second-order valence-corrected chi connectivity index (χ2v) is 6.66. The number of hydrogen-bond donors (Lipinski definition) is 2. The Labute approximate surface area is 145 Å². The van der Waals surface area contributed by atoms with Gasteiger partial charge in [-0.15, -0.1) is 0 Å². The van der Waals surface area contributed by atoms with Crippen LogP contribution in [0.25, 0.3) is 0 Å². The summed E-state index contributed by atoms with van der Waals surface area (Å²) in [4.78, 5) is 37.6. The van der Waals surface area contributed by atoms with E-state index in [4.69, 9.17) is 0 Å². The summed E-state index contributed by atoms with van der Waals surface area (Å²) in [5.41, 5.74) is 0.0721. The Morgan fingerprint density at radius 2 is 2.04 bits per heavy atom. The molecule has 0 bridgehead atoms. The van der Waals surface area contributed by atoms with Gasteiger partial charge in [0.05, 0.1) is 0 Å². The molecule has 2 fully saturated rings. The molecule has 2 aliphatic rings. The van der Waals surface area contributed by atoms with Gasteiger partial charge in [0.1, 0.15) is 11.4 Å². The lowest BCUT2D eigenvalue weighted by Gasteiger charge is -2.19. The van der Waals surface area contributed by atoms with E-state index in [1.807, 2.05) is 0 Å². The van der Waals surface area contributed by atoms with Crippen molar-refractivity contribution in [1.29, 1.82) is 0 Å². The molecule has 0 atom stereocenters. The molecule has 3 rings (SSSR count). The average Bonchev–Trinajstić information content (AvgIpc) is 3.12. The maximum Gasteiger partial charge on any atom is 0.325 e. The maximum absolute atomic E-state index is 13.1. The summed E-state index contributed by atoms with van der Waals surface area (Å²) in [6, 6.07) is 5.82. The highest BCUT2D eigenvalue weighted by Gasteiger charge is 2.52. The van der Waals surface area contributed by atoms with Crippen LogP contribution in [-0.4, -0.2) is 41.4 Å². The van der Waals surface area contributed by atoms with Crippen LogP contribution in [0.5, 0.6) is 0 Å². The number of imide groups is 1. The standard InChI is InChI=1S/C18H22FN3O3/c19-14-5-3-4-13(12-14)6-10-20-15(23)7-11-22-16(24)18(21-17(22)25)8-1-2-9-18/h3-5,12H,1-2,6-11H2,(H,20,23)(H,21,25). The summed E-state index contributed by atoms with van der Waals surface area (Å²) in [6.07, 6.45) is 3.80. The number of carbonyl (C=O) groups is 3. The van der Waals surface area contributed by atoms with Crippen molar-refractivity contribution in [2.75, 3.05) is 13.1 Å². The number of nitrogens with zero attached hydrogens (tertiary/aromatic N) is 1. The van der Waals surface area contributed by atoms with E-state index >= 15 is 0 Å². The maximum atomic E-state index is 13.1. The zero-order chi connectivity index (χ0) is 17.9. The van der Waals surface area contributed by atoms with Crippen LogP contribution in [0, 0.1) is 5.82 Å². The minimum absolute atomic E-state index is 0.0678. The molecule has 1 aliphatic carbocycles. The van der Waals surface area contributed by atoms with Gasteiger partial charge in [0, 0.05) is 19.5 Å². The molecular weight excluding hydrogens is 325 g/mol.